The number of hydrogen-bond acceptors (Lipinski definition) is 8. The van der Waals surface area contributed by atoms with Crippen molar-refractivity contribution in [2.75, 3.05) is 18.5 Å². The normalized spacial score (nSPS) is 16.8. The summed E-state index contributed by atoms with van der Waals surface area (Å²) in [5.41, 5.74) is 1.41. The van der Waals surface area contributed by atoms with Gasteiger partial charge in [0.2, 0.25) is 5.82 Å². The minimum absolute atomic E-state index is 0.0376. The molecular formula is C29H31F2N5O5S. The molecule has 42 heavy (non-hydrogen) atoms. The third kappa shape index (κ3) is 5.60. The monoisotopic (exact) mass is 599 g/mol. The van der Waals surface area contributed by atoms with E-state index in [4.69, 9.17) is 14.2 Å². The van der Waals surface area contributed by atoms with Crippen LogP contribution in [0.3, 0.4) is 0 Å². The molecule has 0 unspecified atom stereocenters. The molecule has 1 aliphatic rings. The molecule has 0 N–H and O–H groups in total. The predicted molar refractivity (Wildman–Crippen MR) is 150 cm³/mol. The molecule has 1 fully saturated rings. The molecule has 0 radical (unpaired) electrons. The van der Waals surface area contributed by atoms with Gasteiger partial charge in [-0.3, -0.25) is 4.68 Å². The molecule has 2 atom stereocenters. The maximum atomic E-state index is 15.6. The Morgan fingerprint density at radius 2 is 1.83 bits per heavy atom. The van der Waals surface area contributed by atoms with Crippen molar-refractivity contribution < 1.29 is 31.4 Å². The van der Waals surface area contributed by atoms with Gasteiger partial charge in [-0.2, -0.15) is 9.49 Å². The Balaban J connectivity index is 1.48. The van der Waals surface area contributed by atoms with Crippen molar-refractivity contribution in [3.05, 3.63) is 84.1 Å². The second-order valence-corrected chi connectivity index (χ2v) is 11.5. The first-order valence-electron chi connectivity index (χ1n) is 13.4. The van der Waals surface area contributed by atoms with E-state index in [1.165, 1.54) is 32.8 Å². The van der Waals surface area contributed by atoms with Crippen LogP contribution in [0.4, 0.5) is 14.6 Å². The highest BCUT2D eigenvalue weighted by Crippen LogP contribution is 2.39. The number of halogens is 2. The maximum Gasteiger partial charge on any atom is 0.268 e. The largest absolute Gasteiger partial charge is 0.497 e. The lowest BCUT2D eigenvalue weighted by atomic mass is 10.0. The molecule has 0 saturated heterocycles. The third-order valence-corrected chi connectivity index (χ3v) is 9.14. The summed E-state index contributed by atoms with van der Waals surface area (Å²) >= 11 is 0. The number of aromatic nitrogens is 4. The number of hydrogen-bond donors (Lipinski definition) is 0. The number of sulfonamides is 1. The Bertz CT molecular complexity index is 1650. The van der Waals surface area contributed by atoms with Gasteiger partial charge in [0, 0.05) is 48.2 Å². The number of aryl methyl sites for hydroxylation is 1. The van der Waals surface area contributed by atoms with Crippen LogP contribution in [0.15, 0.2) is 66.1 Å². The standard InChI is InChI=1S/C29H31F2N5O5S/c1-4-35-22(12-15-34-35)21-6-5-7-23(21)41-24-10-11-26(29(31)28(24)30)42(37,38)36(27-13-14-32-18-33-27)17-19-8-9-20(39-2)16-25(19)40-3/h8-16,18,21,23H,4-7,17H2,1-3H3/t21-,23+/m1/s1. The fourth-order valence-electron chi connectivity index (χ4n) is 5.27. The second-order valence-electron chi connectivity index (χ2n) is 9.71. The Kier molecular flexibility index (Phi) is 8.57. The fraction of sp³-hybridized carbons (Fsp3) is 0.345. The van der Waals surface area contributed by atoms with Crippen LogP contribution >= 0.6 is 0 Å². The molecule has 0 spiro atoms. The van der Waals surface area contributed by atoms with Crippen molar-refractivity contribution >= 4 is 15.8 Å². The van der Waals surface area contributed by atoms with Gasteiger partial charge < -0.3 is 14.2 Å². The van der Waals surface area contributed by atoms with E-state index in [0.717, 1.165) is 35.0 Å². The van der Waals surface area contributed by atoms with E-state index in [9.17, 15) is 8.42 Å². The Morgan fingerprint density at radius 3 is 2.55 bits per heavy atom. The smallest absolute Gasteiger partial charge is 0.268 e. The minimum Gasteiger partial charge on any atom is -0.497 e. The van der Waals surface area contributed by atoms with Gasteiger partial charge in [-0.15, -0.1) is 0 Å². The van der Waals surface area contributed by atoms with Crippen molar-refractivity contribution in [2.24, 2.45) is 0 Å². The molecule has 222 valence electrons. The summed E-state index contributed by atoms with van der Waals surface area (Å²) < 4.78 is 78.3. The van der Waals surface area contributed by atoms with Crippen LogP contribution in [0, 0.1) is 11.6 Å². The van der Waals surface area contributed by atoms with E-state index < -0.39 is 32.7 Å². The highest BCUT2D eigenvalue weighted by atomic mass is 32.2. The Hall–Kier alpha value is -4.26. The van der Waals surface area contributed by atoms with Crippen molar-refractivity contribution in [1.82, 2.24) is 19.7 Å². The quantitative estimate of drug-likeness (QED) is 0.234. The average molecular weight is 600 g/mol. The highest BCUT2D eigenvalue weighted by Gasteiger charge is 2.36. The number of methoxy groups -OCH3 is 2. The summed E-state index contributed by atoms with van der Waals surface area (Å²) in [4.78, 5) is 7.05. The van der Waals surface area contributed by atoms with E-state index in [2.05, 4.69) is 15.1 Å². The molecule has 1 aliphatic carbocycles. The van der Waals surface area contributed by atoms with Crippen molar-refractivity contribution in [3.8, 4) is 17.2 Å². The van der Waals surface area contributed by atoms with E-state index in [-0.39, 0.29) is 24.0 Å². The Labute approximate surface area is 242 Å². The molecule has 2 aromatic carbocycles. The van der Waals surface area contributed by atoms with E-state index >= 15 is 8.78 Å². The van der Waals surface area contributed by atoms with Gasteiger partial charge in [0.05, 0.1) is 20.8 Å². The van der Waals surface area contributed by atoms with Gasteiger partial charge in [-0.25, -0.2) is 27.1 Å². The highest BCUT2D eigenvalue weighted by molar-refractivity contribution is 7.92. The van der Waals surface area contributed by atoms with Gasteiger partial charge in [-0.1, -0.05) is 0 Å². The lowest BCUT2D eigenvalue weighted by molar-refractivity contribution is 0.176. The first-order chi connectivity index (χ1) is 20.3. The maximum absolute atomic E-state index is 15.6. The number of benzene rings is 2. The second kappa shape index (κ2) is 12.3. The summed E-state index contributed by atoms with van der Waals surface area (Å²) in [6.45, 7) is 2.36. The zero-order chi connectivity index (χ0) is 29.9. The van der Waals surface area contributed by atoms with Crippen molar-refractivity contribution in [3.63, 3.8) is 0 Å². The number of nitrogens with zero attached hydrogens (tertiary/aromatic N) is 5. The molecule has 2 aromatic heterocycles. The first-order valence-corrected chi connectivity index (χ1v) is 14.9. The molecule has 0 aliphatic heterocycles. The fourth-order valence-corrected chi connectivity index (χ4v) is 6.73. The summed E-state index contributed by atoms with van der Waals surface area (Å²) in [7, 11) is -1.75. The van der Waals surface area contributed by atoms with Crippen LogP contribution < -0.4 is 18.5 Å². The summed E-state index contributed by atoms with van der Waals surface area (Å²) in [5, 5.41) is 4.31. The molecule has 13 heteroatoms. The first kappa shape index (κ1) is 29.2. The summed E-state index contributed by atoms with van der Waals surface area (Å²) in [6, 6.07) is 10.3. The number of rotatable bonds is 11. The number of anilines is 1. The van der Waals surface area contributed by atoms with E-state index in [0.29, 0.717) is 30.0 Å². The van der Waals surface area contributed by atoms with Gasteiger partial charge in [0.25, 0.3) is 10.0 Å². The van der Waals surface area contributed by atoms with Crippen molar-refractivity contribution in [2.45, 2.75) is 56.2 Å². The molecule has 5 rings (SSSR count). The van der Waals surface area contributed by atoms with E-state index in [1.807, 2.05) is 17.7 Å². The molecular weight excluding hydrogens is 568 g/mol. The van der Waals surface area contributed by atoms with Crippen LogP contribution in [0.2, 0.25) is 0 Å². The van der Waals surface area contributed by atoms with Gasteiger partial charge in [-0.05, 0) is 56.5 Å². The van der Waals surface area contributed by atoms with Crippen LogP contribution in [0.25, 0.3) is 0 Å². The van der Waals surface area contributed by atoms with Gasteiger partial charge in [0.15, 0.2) is 11.6 Å². The van der Waals surface area contributed by atoms with Crippen LogP contribution in [-0.2, 0) is 23.1 Å². The lowest BCUT2D eigenvalue weighted by Crippen LogP contribution is -2.32. The molecule has 2 heterocycles. The minimum atomic E-state index is -4.67. The topological polar surface area (TPSA) is 109 Å². The van der Waals surface area contributed by atoms with Crippen LogP contribution in [0.5, 0.6) is 17.2 Å². The SMILES string of the molecule is CCn1nccc1[C@H]1CCC[C@@H]1Oc1ccc(S(=O)(=O)N(Cc2ccc(OC)cc2OC)c2ccncn2)c(F)c1F. The lowest BCUT2D eigenvalue weighted by Gasteiger charge is -2.25. The van der Waals surface area contributed by atoms with Gasteiger partial charge >= 0.3 is 0 Å². The van der Waals surface area contributed by atoms with Crippen LogP contribution in [0.1, 0.15) is 43.4 Å². The summed E-state index contributed by atoms with van der Waals surface area (Å²) in [6.07, 6.45) is 6.12. The Morgan fingerprint density at radius 1 is 1.00 bits per heavy atom. The average Bonchev–Trinajstić information content (AvgIpc) is 3.67. The van der Waals surface area contributed by atoms with Gasteiger partial charge in [0.1, 0.15) is 34.6 Å². The predicted octanol–water partition coefficient (Wildman–Crippen LogP) is 5.10. The summed E-state index contributed by atoms with van der Waals surface area (Å²) in [5.74, 6) is -2.52. The van der Waals surface area contributed by atoms with Crippen molar-refractivity contribution in [1.29, 1.82) is 0 Å². The third-order valence-electron chi connectivity index (χ3n) is 7.37. The zero-order valence-corrected chi connectivity index (χ0v) is 24.2. The molecule has 0 bridgehead atoms. The van der Waals surface area contributed by atoms with Crippen LogP contribution in [-0.4, -0.2) is 48.5 Å². The van der Waals surface area contributed by atoms with E-state index in [1.54, 1.807) is 24.4 Å². The molecule has 4 aromatic rings. The number of ether oxygens (including phenoxy) is 3. The molecule has 10 nitrogen and oxygen atoms in total. The zero-order valence-electron chi connectivity index (χ0n) is 23.4. The molecule has 1 saturated carbocycles. The molecule has 0 amide bonds.